The van der Waals surface area contributed by atoms with Gasteiger partial charge < -0.3 is 10.6 Å². The van der Waals surface area contributed by atoms with E-state index in [-0.39, 0.29) is 11.4 Å². The second kappa shape index (κ2) is 6.24. The van der Waals surface area contributed by atoms with Gasteiger partial charge in [-0.15, -0.1) is 0 Å². The number of hydrogen-bond donors (Lipinski definition) is 2. The van der Waals surface area contributed by atoms with Gasteiger partial charge in [0.1, 0.15) is 0 Å². The van der Waals surface area contributed by atoms with Crippen molar-refractivity contribution in [3.63, 3.8) is 0 Å². The summed E-state index contributed by atoms with van der Waals surface area (Å²) in [5.74, 6) is 0.201. The van der Waals surface area contributed by atoms with E-state index in [4.69, 9.17) is 0 Å². The fraction of sp³-hybridized carbons (Fsp3) is 0.923. The SMILES string of the molecule is CCCC(C)(C)NC(=O)CCC1CCCN1. The molecule has 1 aliphatic rings. The van der Waals surface area contributed by atoms with Crippen LogP contribution in [0.3, 0.4) is 0 Å². The average molecular weight is 226 g/mol. The molecule has 1 aliphatic heterocycles. The van der Waals surface area contributed by atoms with E-state index in [1.165, 1.54) is 12.8 Å². The van der Waals surface area contributed by atoms with Crippen molar-refractivity contribution in [3.8, 4) is 0 Å². The Morgan fingerprint density at radius 1 is 1.50 bits per heavy atom. The molecule has 3 nitrogen and oxygen atoms in total. The smallest absolute Gasteiger partial charge is 0.220 e. The third-order valence-electron chi connectivity index (χ3n) is 3.24. The molecule has 3 heteroatoms. The van der Waals surface area contributed by atoms with Gasteiger partial charge in [0.2, 0.25) is 5.91 Å². The van der Waals surface area contributed by atoms with Crippen LogP contribution < -0.4 is 10.6 Å². The fourth-order valence-electron chi connectivity index (χ4n) is 2.44. The van der Waals surface area contributed by atoms with Crippen LogP contribution in [0.5, 0.6) is 0 Å². The van der Waals surface area contributed by atoms with Gasteiger partial charge in [0.25, 0.3) is 0 Å². The molecule has 16 heavy (non-hydrogen) atoms. The van der Waals surface area contributed by atoms with Crippen LogP contribution in [0.25, 0.3) is 0 Å². The first-order chi connectivity index (χ1) is 7.53. The summed E-state index contributed by atoms with van der Waals surface area (Å²) < 4.78 is 0. The highest BCUT2D eigenvalue weighted by Crippen LogP contribution is 2.13. The molecule has 1 rings (SSSR count). The van der Waals surface area contributed by atoms with Gasteiger partial charge in [0.05, 0.1) is 0 Å². The van der Waals surface area contributed by atoms with E-state index < -0.39 is 0 Å². The molecule has 0 aromatic heterocycles. The molecule has 1 unspecified atom stereocenters. The lowest BCUT2D eigenvalue weighted by Gasteiger charge is -2.26. The van der Waals surface area contributed by atoms with Crippen molar-refractivity contribution in [2.24, 2.45) is 0 Å². The molecule has 2 N–H and O–H groups in total. The zero-order valence-electron chi connectivity index (χ0n) is 10.9. The molecule has 1 heterocycles. The number of nitrogens with one attached hydrogen (secondary N) is 2. The van der Waals surface area contributed by atoms with Crippen molar-refractivity contribution in [2.45, 2.75) is 70.9 Å². The minimum atomic E-state index is -0.0467. The van der Waals surface area contributed by atoms with Crippen molar-refractivity contribution >= 4 is 5.91 Å². The van der Waals surface area contributed by atoms with Crippen molar-refractivity contribution in [1.29, 1.82) is 0 Å². The Balaban J connectivity index is 2.19. The molecule has 0 bridgehead atoms. The van der Waals surface area contributed by atoms with E-state index in [0.29, 0.717) is 12.5 Å². The van der Waals surface area contributed by atoms with Crippen LogP contribution in [0.2, 0.25) is 0 Å². The first-order valence-corrected chi connectivity index (χ1v) is 6.58. The summed E-state index contributed by atoms with van der Waals surface area (Å²) >= 11 is 0. The predicted octanol–water partition coefficient (Wildman–Crippen LogP) is 2.21. The maximum Gasteiger partial charge on any atom is 0.220 e. The van der Waals surface area contributed by atoms with E-state index in [1.807, 2.05) is 0 Å². The number of carbonyl (C=O) groups excluding carboxylic acids is 1. The number of amides is 1. The topological polar surface area (TPSA) is 41.1 Å². The average Bonchev–Trinajstić information content (AvgIpc) is 2.66. The molecule has 0 aliphatic carbocycles. The van der Waals surface area contributed by atoms with Crippen LogP contribution >= 0.6 is 0 Å². The van der Waals surface area contributed by atoms with Crippen LogP contribution in [-0.4, -0.2) is 24.0 Å². The largest absolute Gasteiger partial charge is 0.351 e. The number of rotatable bonds is 6. The fourth-order valence-corrected chi connectivity index (χ4v) is 2.44. The lowest BCUT2D eigenvalue weighted by molar-refractivity contribution is -0.122. The molecule has 0 spiro atoms. The first kappa shape index (κ1) is 13.5. The van der Waals surface area contributed by atoms with E-state index in [9.17, 15) is 4.79 Å². The van der Waals surface area contributed by atoms with E-state index >= 15 is 0 Å². The normalized spacial score (nSPS) is 21.1. The maximum atomic E-state index is 11.8. The Morgan fingerprint density at radius 3 is 2.81 bits per heavy atom. The summed E-state index contributed by atoms with van der Waals surface area (Å²) in [7, 11) is 0. The second-order valence-corrected chi connectivity index (χ2v) is 5.51. The Kier molecular flexibility index (Phi) is 5.26. The number of carbonyl (C=O) groups is 1. The standard InChI is InChI=1S/C13H26N2O/c1-4-9-13(2,3)15-12(16)8-7-11-6-5-10-14-11/h11,14H,4-10H2,1-3H3,(H,15,16). The molecule has 1 fully saturated rings. The lowest BCUT2D eigenvalue weighted by atomic mass is 9.98. The third kappa shape index (κ3) is 4.97. The molecule has 0 radical (unpaired) electrons. The Morgan fingerprint density at radius 2 is 2.25 bits per heavy atom. The molecule has 1 saturated heterocycles. The predicted molar refractivity (Wildman–Crippen MR) is 67.4 cm³/mol. The summed E-state index contributed by atoms with van der Waals surface area (Å²) in [5.41, 5.74) is -0.0467. The minimum absolute atomic E-state index is 0.0467. The lowest BCUT2D eigenvalue weighted by Crippen LogP contribution is -2.43. The molecule has 1 amide bonds. The summed E-state index contributed by atoms with van der Waals surface area (Å²) in [5, 5.41) is 6.53. The van der Waals surface area contributed by atoms with Gasteiger partial charge in [-0.2, -0.15) is 0 Å². The van der Waals surface area contributed by atoms with Crippen LogP contribution in [-0.2, 0) is 4.79 Å². The highest BCUT2D eigenvalue weighted by Gasteiger charge is 2.20. The zero-order chi connectivity index (χ0) is 12.0. The van der Waals surface area contributed by atoms with E-state index in [1.54, 1.807) is 0 Å². The van der Waals surface area contributed by atoms with Crippen LogP contribution in [0.1, 0.15) is 59.3 Å². The van der Waals surface area contributed by atoms with Crippen LogP contribution in [0.4, 0.5) is 0 Å². The van der Waals surface area contributed by atoms with Gasteiger partial charge in [-0.05, 0) is 46.1 Å². The van der Waals surface area contributed by atoms with Crippen molar-refractivity contribution in [3.05, 3.63) is 0 Å². The van der Waals surface area contributed by atoms with Gasteiger partial charge in [0, 0.05) is 18.0 Å². The molecular formula is C13H26N2O. The summed E-state index contributed by atoms with van der Waals surface area (Å²) in [4.78, 5) is 11.8. The summed E-state index contributed by atoms with van der Waals surface area (Å²) in [6, 6.07) is 0.569. The molecule has 94 valence electrons. The van der Waals surface area contributed by atoms with Crippen molar-refractivity contribution in [2.75, 3.05) is 6.54 Å². The summed E-state index contributed by atoms with van der Waals surface area (Å²) in [6.45, 7) is 7.47. The monoisotopic (exact) mass is 226 g/mol. The van der Waals surface area contributed by atoms with Gasteiger partial charge in [-0.1, -0.05) is 13.3 Å². The molecule has 0 saturated carbocycles. The van der Waals surface area contributed by atoms with Gasteiger partial charge >= 0.3 is 0 Å². The van der Waals surface area contributed by atoms with Gasteiger partial charge in [-0.3, -0.25) is 4.79 Å². The first-order valence-electron chi connectivity index (χ1n) is 6.58. The Labute approximate surface area is 99.4 Å². The molecule has 0 aromatic carbocycles. The summed E-state index contributed by atoms with van der Waals surface area (Å²) in [6.07, 6.45) is 6.27. The Hall–Kier alpha value is -0.570. The van der Waals surface area contributed by atoms with E-state index in [0.717, 1.165) is 25.8 Å². The van der Waals surface area contributed by atoms with E-state index in [2.05, 4.69) is 31.4 Å². The van der Waals surface area contributed by atoms with Gasteiger partial charge in [-0.25, -0.2) is 0 Å². The zero-order valence-corrected chi connectivity index (χ0v) is 10.9. The molecule has 1 atom stereocenters. The highest BCUT2D eigenvalue weighted by atomic mass is 16.1. The van der Waals surface area contributed by atoms with Crippen LogP contribution in [0, 0.1) is 0 Å². The van der Waals surface area contributed by atoms with Crippen molar-refractivity contribution in [1.82, 2.24) is 10.6 Å². The third-order valence-corrected chi connectivity index (χ3v) is 3.24. The molecule has 0 aromatic rings. The Bertz CT molecular complexity index is 220. The van der Waals surface area contributed by atoms with Gasteiger partial charge in [0.15, 0.2) is 0 Å². The number of hydrogen-bond acceptors (Lipinski definition) is 2. The highest BCUT2D eigenvalue weighted by molar-refractivity contribution is 5.76. The quantitative estimate of drug-likeness (QED) is 0.729. The minimum Gasteiger partial charge on any atom is -0.351 e. The molecular weight excluding hydrogens is 200 g/mol. The second-order valence-electron chi connectivity index (χ2n) is 5.51. The maximum absolute atomic E-state index is 11.8. The van der Waals surface area contributed by atoms with Crippen LogP contribution in [0.15, 0.2) is 0 Å². The van der Waals surface area contributed by atoms with Crippen molar-refractivity contribution < 1.29 is 4.79 Å².